The fourth-order valence-electron chi connectivity index (χ4n) is 1.05. The van der Waals surface area contributed by atoms with Crippen LogP contribution in [0.2, 0.25) is 5.02 Å². The summed E-state index contributed by atoms with van der Waals surface area (Å²) < 4.78 is 5.33. The Hall–Kier alpha value is -1.59. The molecule has 0 saturated carbocycles. The van der Waals surface area contributed by atoms with Gasteiger partial charge in [0.2, 0.25) is 0 Å². The first kappa shape index (κ1) is 15.4. The lowest BCUT2D eigenvalue weighted by Gasteiger charge is -2.07. The van der Waals surface area contributed by atoms with E-state index in [0.29, 0.717) is 12.4 Å². The van der Waals surface area contributed by atoms with Crippen LogP contribution in [0.15, 0.2) is 18.2 Å². The quantitative estimate of drug-likeness (QED) is 0.641. The van der Waals surface area contributed by atoms with E-state index in [1.54, 1.807) is 12.1 Å². The Morgan fingerprint density at radius 1 is 1.53 bits per heavy atom. The van der Waals surface area contributed by atoms with Crippen LogP contribution in [0.1, 0.15) is 23.7 Å². The molecular weight excluding hydrogens is 246 g/mol. The monoisotopic (exact) mass is 259 g/mol. The SMILES string of the molecule is C=O.CCCOc1ccc(C(=O)NO)c(Cl)c1. The number of carbonyl (C=O) groups excluding carboxylic acids is 2. The minimum atomic E-state index is -0.637. The van der Waals surface area contributed by atoms with Crippen molar-refractivity contribution in [2.75, 3.05) is 6.61 Å². The summed E-state index contributed by atoms with van der Waals surface area (Å²) in [6.07, 6.45) is 0.899. The average molecular weight is 260 g/mol. The molecule has 1 aromatic carbocycles. The molecule has 0 spiro atoms. The third-order valence-electron chi connectivity index (χ3n) is 1.76. The van der Waals surface area contributed by atoms with Gasteiger partial charge in [0, 0.05) is 0 Å². The summed E-state index contributed by atoms with van der Waals surface area (Å²) in [5.41, 5.74) is 1.73. The zero-order valence-electron chi connectivity index (χ0n) is 9.40. The van der Waals surface area contributed by atoms with Gasteiger partial charge >= 0.3 is 0 Å². The predicted molar refractivity (Wildman–Crippen MR) is 63.6 cm³/mol. The second kappa shape index (κ2) is 8.55. The maximum atomic E-state index is 11.1. The second-order valence-electron chi connectivity index (χ2n) is 2.93. The van der Waals surface area contributed by atoms with E-state index in [9.17, 15) is 4.79 Å². The molecule has 0 aliphatic carbocycles. The predicted octanol–water partition coefficient (Wildman–Crippen LogP) is 2.06. The van der Waals surface area contributed by atoms with Crippen LogP contribution in [0.25, 0.3) is 0 Å². The van der Waals surface area contributed by atoms with E-state index in [2.05, 4.69) is 0 Å². The molecule has 0 radical (unpaired) electrons. The standard InChI is InChI=1S/C10H12ClNO3.CH2O/c1-2-5-15-7-3-4-8(9(11)6-7)10(13)12-14;1-2/h3-4,6,14H,2,5H2,1H3,(H,12,13);1H2. The highest BCUT2D eigenvalue weighted by molar-refractivity contribution is 6.33. The average Bonchev–Trinajstić information content (AvgIpc) is 2.38. The molecule has 6 heteroatoms. The highest BCUT2D eigenvalue weighted by Gasteiger charge is 2.09. The van der Waals surface area contributed by atoms with E-state index >= 15 is 0 Å². The maximum absolute atomic E-state index is 11.1. The van der Waals surface area contributed by atoms with Crippen molar-refractivity contribution >= 4 is 24.3 Å². The summed E-state index contributed by atoms with van der Waals surface area (Å²) in [7, 11) is 0. The molecule has 0 aliphatic rings. The van der Waals surface area contributed by atoms with Crippen LogP contribution in [0.3, 0.4) is 0 Å². The fraction of sp³-hybridized carbons (Fsp3) is 0.273. The van der Waals surface area contributed by atoms with Gasteiger partial charge in [-0.15, -0.1) is 0 Å². The molecule has 5 nitrogen and oxygen atoms in total. The van der Waals surface area contributed by atoms with Gasteiger partial charge in [0.15, 0.2) is 0 Å². The number of hydroxylamine groups is 1. The van der Waals surface area contributed by atoms with E-state index in [-0.39, 0.29) is 10.6 Å². The van der Waals surface area contributed by atoms with Gasteiger partial charge in [0.05, 0.1) is 17.2 Å². The number of carbonyl (C=O) groups is 2. The van der Waals surface area contributed by atoms with E-state index in [0.717, 1.165) is 6.42 Å². The van der Waals surface area contributed by atoms with Gasteiger partial charge in [-0.25, -0.2) is 5.48 Å². The van der Waals surface area contributed by atoms with Crippen LogP contribution in [-0.4, -0.2) is 24.5 Å². The molecule has 0 heterocycles. The van der Waals surface area contributed by atoms with Crippen LogP contribution in [0.4, 0.5) is 0 Å². The van der Waals surface area contributed by atoms with Gasteiger partial charge in [0.25, 0.3) is 5.91 Å². The van der Waals surface area contributed by atoms with Crippen molar-refractivity contribution in [1.82, 2.24) is 5.48 Å². The molecule has 0 bridgehead atoms. The Balaban J connectivity index is 0.00000121. The normalized spacial score (nSPS) is 8.88. The van der Waals surface area contributed by atoms with Crippen molar-refractivity contribution in [3.05, 3.63) is 28.8 Å². The molecule has 0 atom stereocenters. The largest absolute Gasteiger partial charge is 0.494 e. The van der Waals surface area contributed by atoms with Crippen molar-refractivity contribution in [3.8, 4) is 5.75 Å². The Labute approximate surface area is 104 Å². The number of hydrogen-bond donors (Lipinski definition) is 2. The first-order valence-electron chi connectivity index (χ1n) is 4.84. The lowest BCUT2D eigenvalue weighted by Crippen LogP contribution is -2.18. The smallest absolute Gasteiger partial charge is 0.276 e. The molecule has 17 heavy (non-hydrogen) atoms. The summed E-state index contributed by atoms with van der Waals surface area (Å²) in [5.74, 6) is -0.0293. The molecule has 2 N–H and O–H groups in total. The Morgan fingerprint density at radius 3 is 2.65 bits per heavy atom. The number of benzene rings is 1. The summed E-state index contributed by atoms with van der Waals surface area (Å²) >= 11 is 5.83. The summed E-state index contributed by atoms with van der Waals surface area (Å²) in [4.78, 5) is 19.1. The number of rotatable bonds is 4. The van der Waals surface area contributed by atoms with Gasteiger partial charge < -0.3 is 9.53 Å². The molecule has 0 saturated heterocycles. The van der Waals surface area contributed by atoms with Gasteiger partial charge in [-0.1, -0.05) is 18.5 Å². The third-order valence-corrected chi connectivity index (χ3v) is 2.07. The fourth-order valence-corrected chi connectivity index (χ4v) is 1.31. The number of amides is 1. The number of hydrogen-bond acceptors (Lipinski definition) is 4. The lowest BCUT2D eigenvalue weighted by molar-refractivity contribution is -0.0979. The Bertz CT molecular complexity index is 370. The van der Waals surface area contributed by atoms with Gasteiger partial charge in [-0.3, -0.25) is 10.0 Å². The van der Waals surface area contributed by atoms with Crippen molar-refractivity contribution in [2.24, 2.45) is 0 Å². The summed E-state index contributed by atoms with van der Waals surface area (Å²) in [5, 5.41) is 8.68. The topological polar surface area (TPSA) is 75.6 Å². The van der Waals surface area contributed by atoms with Crippen LogP contribution >= 0.6 is 11.6 Å². The highest BCUT2D eigenvalue weighted by Crippen LogP contribution is 2.22. The van der Waals surface area contributed by atoms with E-state index < -0.39 is 5.91 Å². The summed E-state index contributed by atoms with van der Waals surface area (Å²) in [6, 6.07) is 4.67. The van der Waals surface area contributed by atoms with E-state index in [1.165, 1.54) is 11.5 Å². The van der Waals surface area contributed by atoms with Crippen molar-refractivity contribution in [3.63, 3.8) is 0 Å². The minimum absolute atomic E-state index is 0.211. The number of halogens is 1. The van der Waals surface area contributed by atoms with E-state index in [1.807, 2.05) is 13.7 Å². The van der Waals surface area contributed by atoms with Crippen molar-refractivity contribution in [1.29, 1.82) is 0 Å². The minimum Gasteiger partial charge on any atom is -0.494 e. The summed E-state index contributed by atoms with van der Waals surface area (Å²) in [6.45, 7) is 4.59. The van der Waals surface area contributed by atoms with Gasteiger partial charge in [0.1, 0.15) is 12.5 Å². The molecule has 1 rings (SSSR count). The maximum Gasteiger partial charge on any atom is 0.276 e. The van der Waals surface area contributed by atoms with Crippen LogP contribution < -0.4 is 10.2 Å². The molecule has 0 aromatic heterocycles. The van der Waals surface area contributed by atoms with Gasteiger partial charge in [-0.05, 0) is 24.6 Å². The first-order valence-corrected chi connectivity index (χ1v) is 5.22. The van der Waals surface area contributed by atoms with Crippen LogP contribution in [0.5, 0.6) is 5.75 Å². The van der Waals surface area contributed by atoms with Crippen molar-refractivity contribution in [2.45, 2.75) is 13.3 Å². The Kier molecular flexibility index (Phi) is 7.75. The molecular formula is C11H14ClNO4. The lowest BCUT2D eigenvalue weighted by atomic mass is 10.2. The molecule has 1 aromatic rings. The van der Waals surface area contributed by atoms with Crippen LogP contribution in [-0.2, 0) is 4.79 Å². The number of ether oxygens (including phenoxy) is 1. The van der Waals surface area contributed by atoms with Gasteiger partial charge in [-0.2, -0.15) is 0 Å². The zero-order chi connectivity index (χ0) is 13.3. The highest BCUT2D eigenvalue weighted by atomic mass is 35.5. The molecule has 94 valence electrons. The van der Waals surface area contributed by atoms with E-state index in [4.69, 9.17) is 26.3 Å². The second-order valence-corrected chi connectivity index (χ2v) is 3.34. The molecule has 0 unspecified atom stereocenters. The molecule has 1 amide bonds. The van der Waals surface area contributed by atoms with Crippen LogP contribution in [0, 0.1) is 0 Å². The molecule has 0 aliphatic heterocycles. The Morgan fingerprint density at radius 2 is 2.18 bits per heavy atom. The zero-order valence-corrected chi connectivity index (χ0v) is 10.2. The van der Waals surface area contributed by atoms with Crippen molar-refractivity contribution < 1.29 is 19.5 Å². The number of nitrogens with one attached hydrogen (secondary N) is 1. The third kappa shape index (κ3) is 4.84. The molecule has 0 fully saturated rings. The first-order chi connectivity index (χ1) is 8.19.